The molecule has 0 aliphatic carbocycles. The zero-order valence-corrected chi connectivity index (χ0v) is 12.5. The number of methoxy groups -OCH3 is 1. The first-order valence-electron chi connectivity index (χ1n) is 5.72. The van der Waals surface area contributed by atoms with E-state index in [0.29, 0.717) is 20.8 Å². The number of carboxylic acid groups (broad SMARTS) is 1. The van der Waals surface area contributed by atoms with Crippen molar-refractivity contribution in [1.29, 1.82) is 0 Å². The van der Waals surface area contributed by atoms with Crippen LogP contribution < -0.4 is 10.1 Å². The minimum atomic E-state index is -0.931. The number of aliphatic carboxylic acids is 1. The Labute approximate surface area is 128 Å². The maximum Gasteiger partial charge on any atom is 0.313 e. The Hall–Kier alpha value is -2.13. The van der Waals surface area contributed by atoms with Gasteiger partial charge in [-0.05, 0) is 24.3 Å². The third-order valence-electron chi connectivity index (χ3n) is 2.30. The van der Waals surface area contributed by atoms with Gasteiger partial charge < -0.3 is 9.84 Å². The number of carbonyl (C=O) groups is 2. The molecule has 2 rings (SSSR count). The Balaban J connectivity index is 1.97. The van der Waals surface area contributed by atoms with E-state index in [1.807, 2.05) is 0 Å². The summed E-state index contributed by atoms with van der Waals surface area (Å²) in [5.74, 6) is -0.682. The molecule has 9 heteroatoms. The average molecular weight is 325 g/mol. The summed E-state index contributed by atoms with van der Waals surface area (Å²) in [5, 5.41) is 19.1. The number of aromatic nitrogens is 2. The predicted molar refractivity (Wildman–Crippen MR) is 79.2 cm³/mol. The van der Waals surface area contributed by atoms with Gasteiger partial charge in [-0.1, -0.05) is 23.1 Å². The van der Waals surface area contributed by atoms with Gasteiger partial charge in [-0.15, -0.1) is 10.2 Å². The molecule has 21 heavy (non-hydrogen) atoms. The summed E-state index contributed by atoms with van der Waals surface area (Å²) < 4.78 is 5.50. The fourth-order valence-corrected chi connectivity index (χ4v) is 2.82. The van der Waals surface area contributed by atoms with Gasteiger partial charge in [-0.25, -0.2) is 0 Å². The average Bonchev–Trinajstić information content (AvgIpc) is 2.92. The van der Waals surface area contributed by atoms with Gasteiger partial charge in [0.05, 0.1) is 12.9 Å². The molecule has 0 fully saturated rings. The largest absolute Gasteiger partial charge is 0.497 e. The number of hydrogen-bond donors (Lipinski definition) is 2. The van der Waals surface area contributed by atoms with Gasteiger partial charge in [0, 0.05) is 5.56 Å². The first-order valence-corrected chi connectivity index (χ1v) is 7.52. The zero-order valence-electron chi connectivity index (χ0n) is 10.9. The quantitative estimate of drug-likeness (QED) is 0.618. The molecule has 110 valence electrons. The first-order chi connectivity index (χ1) is 10.1. The highest BCUT2D eigenvalue weighted by atomic mass is 32.2. The summed E-state index contributed by atoms with van der Waals surface area (Å²) in [6.45, 7) is 0. The standard InChI is InChI=1S/C12H11N3O4S2/c1-19-8-4-2-7(3-5-8)10(18)13-11-14-15-12(21-11)20-6-9(16)17/h2-5H,6H2,1H3,(H,16,17)(H,13,14,18). The van der Waals surface area contributed by atoms with E-state index in [1.165, 1.54) is 0 Å². The topological polar surface area (TPSA) is 101 Å². The molecule has 0 saturated carbocycles. The van der Waals surface area contributed by atoms with Crippen LogP contribution >= 0.6 is 23.1 Å². The number of benzene rings is 1. The van der Waals surface area contributed by atoms with Crippen molar-refractivity contribution in [2.75, 3.05) is 18.2 Å². The van der Waals surface area contributed by atoms with E-state index in [2.05, 4.69) is 15.5 Å². The molecule has 0 saturated heterocycles. The van der Waals surface area contributed by atoms with Crippen LogP contribution in [0.5, 0.6) is 5.75 Å². The summed E-state index contributed by atoms with van der Waals surface area (Å²) in [4.78, 5) is 22.4. The van der Waals surface area contributed by atoms with Crippen molar-refractivity contribution >= 4 is 40.1 Å². The summed E-state index contributed by atoms with van der Waals surface area (Å²) in [6, 6.07) is 6.64. The number of nitrogens with zero attached hydrogens (tertiary/aromatic N) is 2. The Morgan fingerprint density at radius 1 is 1.33 bits per heavy atom. The van der Waals surface area contributed by atoms with Crippen molar-refractivity contribution in [2.24, 2.45) is 0 Å². The third-order valence-corrected chi connectivity index (χ3v) is 4.26. The molecule has 1 heterocycles. The van der Waals surface area contributed by atoms with Crippen LogP contribution in [-0.4, -0.2) is 40.0 Å². The van der Waals surface area contributed by atoms with Crippen LogP contribution in [0.1, 0.15) is 10.4 Å². The monoisotopic (exact) mass is 325 g/mol. The number of thioether (sulfide) groups is 1. The zero-order chi connectivity index (χ0) is 15.2. The normalized spacial score (nSPS) is 10.1. The van der Waals surface area contributed by atoms with Gasteiger partial charge >= 0.3 is 5.97 Å². The Morgan fingerprint density at radius 3 is 2.67 bits per heavy atom. The number of carboxylic acids is 1. The second-order valence-electron chi connectivity index (χ2n) is 3.74. The number of hydrogen-bond acceptors (Lipinski definition) is 7. The van der Waals surface area contributed by atoms with Crippen molar-refractivity contribution in [3.63, 3.8) is 0 Å². The first kappa shape index (κ1) is 15.3. The predicted octanol–water partition coefficient (Wildman–Crippen LogP) is 1.98. The lowest BCUT2D eigenvalue weighted by Gasteiger charge is -2.02. The molecule has 2 aromatic rings. The molecule has 0 unspecified atom stereocenters. The number of rotatable bonds is 6. The van der Waals surface area contributed by atoms with Gasteiger partial charge in [0.25, 0.3) is 5.91 Å². The Bertz CT molecular complexity index is 642. The summed E-state index contributed by atoms with van der Waals surface area (Å²) in [5.41, 5.74) is 0.464. The Morgan fingerprint density at radius 2 is 2.05 bits per heavy atom. The van der Waals surface area contributed by atoms with E-state index in [-0.39, 0.29) is 11.7 Å². The molecular weight excluding hydrogens is 314 g/mol. The van der Waals surface area contributed by atoms with E-state index in [0.717, 1.165) is 23.1 Å². The van der Waals surface area contributed by atoms with Crippen molar-refractivity contribution in [1.82, 2.24) is 10.2 Å². The van der Waals surface area contributed by atoms with E-state index in [9.17, 15) is 9.59 Å². The molecule has 7 nitrogen and oxygen atoms in total. The molecule has 1 aromatic carbocycles. The molecule has 1 aromatic heterocycles. The summed E-state index contributed by atoms with van der Waals surface area (Å²) >= 11 is 2.18. The molecule has 0 aliphatic rings. The van der Waals surface area contributed by atoms with Gasteiger partial charge in [0.15, 0.2) is 4.34 Å². The molecule has 0 bridgehead atoms. The Kier molecular flexibility index (Phi) is 5.12. The summed E-state index contributed by atoms with van der Waals surface area (Å²) in [7, 11) is 1.55. The van der Waals surface area contributed by atoms with Crippen molar-refractivity contribution < 1.29 is 19.4 Å². The number of nitrogens with one attached hydrogen (secondary N) is 1. The highest BCUT2D eigenvalue weighted by molar-refractivity contribution is 8.01. The van der Waals surface area contributed by atoms with E-state index >= 15 is 0 Å². The van der Waals surface area contributed by atoms with Crippen LogP contribution in [0.25, 0.3) is 0 Å². The van der Waals surface area contributed by atoms with Gasteiger partial charge in [0.2, 0.25) is 5.13 Å². The van der Waals surface area contributed by atoms with Crippen LogP contribution in [0.4, 0.5) is 5.13 Å². The fourth-order valence-electron chi connectivity index (χ4n) is 1.35. The summed E-state index contributed by atoms with van der Waals surface area (Å²) in [6.07, 6.45) is 0. The van der Waals surface area contributed by atoms with E-state index in [1.54, 1.807) is 31.4 Å². The van der Waals surface area contributed by atoms with E-state index in [4.69, 9.17) is 9.84 Å². The highest BCUT2D eigenvalue weighted by Gasteiger charge is 2.11. The molecular formula is C12H11N3O4S2. The minimum Gasteiger partial charge on any atom is -0.497 e. The maximum atomic E-state index is 12.0. The van der Waals surface area contributed by atoms with Crippen LogP contribution in [0.3, 0.4) is 0 Å². The molecule has 1 amide bonds. The van der Waals surface area contributed by atoms with Crippen molar-refractivity contribution in [2.45, 2.75) is 4.34 Å². The third kappa shape index (κ3) is 4.43. The smallest absolute Gasteiger partial charge is 0.313 e. The molecule has 0 spiro atoms. The SMILES string of the molecule is COc1ccc(C(=O)Nc2nnc(SCC(=O)O)s2)cc1. The maximum absolute atomic E-state index is 12.0. The second kappa shape index (κ2) is 7.04. The minimum absolute atomic E-state index is 0.0962. The second-order valence-corrected chi connectivity index (χ2v) is 5.94. The van der Waals surface area contributed by atoms with Crippen LogP contribution in [0.15, 0.2) is 28.6 Å². The number of carbonyl (C=O) groups excluding carboxylic acids is 1. The lowest BCUT2D eigenvalue weighted by Crippen LogP contribution is -2.11. The van der Waals surface area contributed by atoms with E-state index < -0.39 is 5.97 Å². The number of anilines is 1. The van der Waals surface area contributed by atoms with Crippen LogP contribution in [-0.2, 0) is 4.79 Å². The lowest BCUT2D eigenvalue weighted by molar-refractivity contribution is -0.133. The highest BCUT2D eigenvalue weighted by Crippen LogP contribution is 2.25. The van der Waals surface area contributed by atoms with Gasteiger partial charge in [0.1, 0.15) is 5.75 Å². The molecule has 0 aliphatic heterocycles. The molecule has 0 atom stereocenters. The van der Waals surface area contributed by atoms with Crippen LogP contribution in [0.2, 0.25) is 0 Å². The lowest BCUT2D eigenvalue weighted by atomic mass is 10.2. The van der Waals surface area contributed by atoms with Gasteiger partial charge in [-0.3, -0.25) is 14.9 Å². The molecule has 0 radical (unpaired) electrons. The number of amides is 1. The van der Waals surface area contributed by atoms with Crippen molar-refractivity contribution in [3.8, 4) is 5.75 Å². The van der Waals surface area contributed by atoms with Gasteiger partial charge in [-0.2, -0.15) is 0 Å². The molecule has 2 N–H and O–H groups in total. The van der Waals surface area contributed by atoms with Crippen LogP contribution in [0, 0.1) is 0 Å². The number of ether oxygens (including phenoxy) is 1. The fraction of sp³-hybridized carbons (Fsp3) is 0.167. The van der Waals surface area contributed by atoms with Crippen molar-refractivity contribution in [3.05, 3.63) is 29.8 Å².